The average molecular weight is 242 g/mol. The van der Waals surface area contributed by atoms with Crippen molar-refractivity contribution in [1.82, 2.24) is 0 Å². The van der Waals surface area contributed by atoms with Crippen LogP contribution >= 0.6 is 0 Å². The highest BCUT2D eigenvalue weighted by molar-refractivity contribution is 7.92. The highest BCUT2D eigenvalue weighted by Gasteiger charge is 2.36. The largest absolute Gasteiger partial charge is 0.342 e. The molecule has 16 heavy (non-hydrogen) atoms. The van der Waals surface area contributed by atoms with Gasteiger partial charge in [0.25, 0.3) is 0 Å². The molecule has 1 aromatic carbocycles. The Kier molecular flexibility index (Phi) is 3.04. The topological polar surface area (TPSA) is 69.7 Å². The van der Waals surface area contributed by atoms with E-state index in [-0.39, 0.29) is 11.5 Å². The summed E-state index contributed by atoms with van der Waals surface area (Å²) >= 11 is 0. The molecule has 0 radical (unpaired) electrons. The second kappa shape index (κ2) is 4.32. The molecule has 2 rings (SSSR count). The lowest BCUT2D eigenvalue weighted by Gasteiger charge is -2.09. The molecule has 86 valence electrons. The van der Waals surface area contributed by atoms with Gasteiger partial charge in [-0.25, -0.2) is 8.42 Å². The van der Waals surface area contributed by atoms with E-state index in [9.17, 15) is 13.2 Å². The molecular weight excluding hydrogens is 232 g/mol. The summed E-state index contributed by atoms with van der Waals surface area (Å²) in [4.78, 5) is 10.5. The molecule has 1 aromatic rings. The molecule has 1 heterocycles. The number of hydrogen-bond acceptors (Lipinski definition) is 5. The summed E-state index contributed by atoms with van der Waals surface area (Å²) in [5.41, 5.74) is -1.11. The zero-order valence-electron chi connectivity index (χ0n) is 8.28. The van der Waals surface area contributed by atoms with Crippen LogP contribution in [0, 0.1) is 0 Å². The van der Waals surface area contributed by atoms with Crippen molar-refractivity contribution in [1.29, 1.82) is 0 Å². The maximum absolute atomic E-state index is 12.0. The molecule has 0 aromatic heterocycles. The van der Waals surface area contributed by atoms with Crippen molar-refractivity contribution in [3.8, 4) is 0 Å². The third-order valence-electron chi connectivity index (χ3n) is 2.21. The lowest BCUT2D eigenvalue weighted by molar-refractivity contribution is -0.131. The van der Waals surface area contributed by atoms with Crippen molar-refractivity contribution in [2.75, 3.05) is 6.61 Å². The van der Waals surface area contributed by atoms with Crippen LogP contribution in [0.3, 0.4) is 0 Å². The summed E-state index contributed by atoms with van der Waals surface area (Å²) in [7, 11) is -3.59. The van der Waals surface area contributed by atoms with Gasteiger partial charge in [0, 0.05) is 0 Å². The van der Waals surface area contributed by atoms with E-state index in [1.165, 1.54) is 12.1 Å². The number of aldehydes is 1. The molecule has 1 aliphatic rings. The summed E-state index contributed by atoms with van der Waals surface area (Å²) in [6, 6.07) is 7.93. The normalized spacial score (nSPS) is 25.5. The van der Waals surface area contributed by atoms with Gasteiger partial charge in [0.1, 0.15) is 0 Å². The van der Waals surface area contributed by atoms with Gasteiger partial charge in [0.2, 0.25) is 16.1 Å². The zero-order valence-corrected chi connectivity index (χ0v) is 9.09. The van der Waals surface area contributed by atoms with Crippen molar-refractivity contribution in [2.24, 2.45) is 0 Å². The van der Waals surface area contributed by atoms with Gasteiger partial charge in [-0.3, -0.25) is 4.79 Å². The van der Waals surface area contributed by atoms with E-state index in [1.54, 1.807) is 18.2 Å². The van der Waals surface area contributed by atoms with Gasteiger partial charge in [0.15, 0.2) is 11.7 Å². The first-order valence-electron chi connectivity index (χ1n) is 4.66. The SMILES string of the molecule is O=CC1OCC(S(=O)(=O)c2ccccc2)O1. The van der Waals surface area contributed by atoms with E-state index in [2.05, 4.69) is 0 Å². The molecule has 2 unspecified atom stereocenters. The number of carbonyl (C=O) groups excluding carboxylic acids is 1. The molecule has 1 aliphatic heterocycles. The Morgan fingerprint density at radius 1 is 1.25 bits per heavy atom. The van der Waals surface area contributed by atoms with Crippen molar-refractivity contribution < 1.29 is 22.7 Å². The monoisotopic (exact) mass is 242 g/mol. The van der Waals surface area contributed by atoms with Crippen LogP contribution in [-0.4, -0.2) is 33.0 Å². The highest BCUT2D eigenvalue weighted by atomic mass is 32.2. The third-order valence-corrected chi connectivity index (χ3v) is 4.08. The molecule has 0 amide bonds. The maximum atomic E-state index is 12.0. The van der Waals surface area contributed by atoms with Crippen LogP contribution in [0.4, 0.5) is 0 Å². The molecule has 0 aliphatic carbocycles. The molecule has 6 heteroatoms. The summed E-state index contributed by atoms with van der Waals surface area (Å²) in [5.74, 6) is 0. The van der Waals surface area contributed by atoms with E-state index in [0.717, 1.165) is 0 Å². The standard InChI is InChI=1S/C10H10O5S/c11-6-9-14-7-10(15-9)16(12,13)8-4-2-1-3-5-8/h1-6,9-10H,7H2. The Morgan fingerprint density at radius 3 is 2.50 bits per heavy atom. The fraction of sp³-hybridized carbons (Fsp3) is 0.300. The van der Waals surface area contributed by atoms with Gasteiger partial charge < -0.3 is 9.47 Å². The molecule has 0 N–H and O–H groups in total. The van der Waals surface area contributed by atoms with Gasteiger partial charge in [-0.15, -0.1) is 0 Å². The molecular formula is C10H10O5S. The van der Waals surface area contributed by atoms with Gasteiger partial charge in [-0.05, 0) is 12.1 Å². The van der Waals surface area contributed by atoms with Crippen LogP contribution in [0.15, 0.2) is 35.2 Å². The van der Waals surface area contributed by atoms with Crippen LogP contribution in [0.5, 0.6) is 0 Å². The van der Waals surface area contributed by atoms with Gasteiger partial charge in [0.05, 0.1) is 11.5 Å². The average Bonchev–Trinajstić information content (AvgIpc) is 2.79. The number of rotatable bonds is 3. The van der Waals surface area contributed by atoms with Crippen LogP contribution in [0.1, 0.15) is 0 Å². The Hall–Kier alpha value is -1.24. The fourth-order valence-electron chi connectivity index (χ4n) is 1.40. The van der Waals surface area contributed by atoms with Crippen LogP contribution in [-0.2, 0) is 24.1 Å². The smallest absolute Gasteiger partial charge is 0.216 e. The minimum Gasteiger partial charge on any atom is -0.342 e. The minimum atomic E-state index is -3.59. The summed E-state index contributed by atoms with van der Waals surface area (Å²) < 4.78 is 33.8. The Bertz CT molecular complexity index is 467. The molecule has 1 fully saturated rings. The lowest BCUT2D eigenvalue weighted by Crippen LogP contribution is -2.24. The molecule has 2 atom stereocenters. The quantitative estimate of drug-likeness (QED) is 0.716. The van der Waals surface area contributed by atoms with E-state index in [0.29, 0.717) is 6.29 Å². The van der Waals surface area contributed by atoms with Crippen molar-refractivity contribution >= 4 is 16.1 Å². The summed E-state index contributed by atoms with van der Waals surface area (Å²) in [6.45, 7) is -0.124. The third kappa shape index (κ3) is 1.99. The highest BCUT2D eigenvalue weighted by Crippen LogP contribution is 2.22. The predicted octanol–water partition coefficient (Wildman–Crippen LogP) is 0.358. The second-order valence-electron chi connectivity index (χ2n) is 3.26. The van der Waals surface area contributed by atoms with E-state index >= 15 is 0 Å². The van der Waals surface area contributed by atoms with Gasteiger partial charge >= 0.3 is 0 Å². The van der Waals surface area contributed by atoms with E-state index < -0.39 is 21.6 Å². The molecule has 1 saturated heterocycles. The zero-order chi connectivity index (χ0) is 11.6. The number of carbonyl (C=O) groups is 1. The first-order chi connectivity index (χ1) is 7.64. The molecule has 0 spiro atoms. The van der Waals surface area contributed by atoms with Gasteiger partial charge in [-0.2, -0.15) is 0 Å². The Balaban J connectivity index is 2.24. The number of ether oxygens (including phenoxy) is 2. The Labute approximate surface area is 92.9 Å². The lowest BCUT2D eigenvalue weighted by atomic mass is 10.4. The first-order valence-corrected chi connectivity index (χ1v) is 6.20. The number of hydrogen-bond donors (Lipinski definition) is 0. The Morgan fingerprint density at radius 2 is 1.94 bits per heavy atom. The summed E-state index contributed by atoms with van der Waals surface area (Å²) in [5, 5.41) is 0. The van der Waals surface area contributed by atoms with Crippen molar-refractivity contribution in [3.63, 3.8) is 0 Å². The molecule has 0 saturated carbocycles. The second-order valence-corrected chi connectivity index (χ2v) is 5.35. The van der Waals surface area contributed by atoms with Crippen LogP contribution in [0.25, 0.3) is 0 Å². The van der Waals surface area contributed by atoms with Crippen LogP contribution < -0.4 is 0 Å². The molecule has 5 nitrogen and oxygen atoms in total. The summed E-state index contributed by atoms with van der Waals surface area (Å²) in [6.07, 6.45) is -0.649. The predicted molar refractivity (Wildman–Crippen MR) is 54.3 cm³/mol. The minimum absolute atomic E-state index is 0.124. The molecule has 0 bridgehead atoms. The van der Waals surface area contributed by atoms with Crippen molar-refractivity contribution in [3.05, 3.63) is 30.3 Å². The fourth-order valence-corrected chi connectivity index (χ4v) is 2.75. The number of sulfone groups is 1. The van der Waals surface area contributed by atoms with Crippen LogP contribution in [0.2, 0.25) is 0 Å². The number of benzene rings is 1. The van der Waals surface area contributed by atoms with Crippen molar-refractivity contribution in [2.45, 2.75) is 16.6 Å². The van der Waals surface area contributed by atoms with E-state index in [4.69, 9.17) is 9.47 Å². The van der Waals surface area contributed by atoms with E-state index in [1.807, 2.05) is 0 Å². The first kappa shape index (κ1) is 11.3. The maximum Gasteiger partial charge on any atom is 0.216 e. The van der Waals surface area contributed by atoms with Gasteiger partial charge in [-0.1, -0.05) is 18.2 Å².